The van der Waals surface area contributed by atoms with Gasteiger partial charge in [0.15, 0.2) is 0 Å². The molecular formula is C40H48N6O4S2. The maximum atomic E-state index is 14.2. The number of nitrogens with zero attached hydrogens (tertiary/aromatic N) is 4. The van der Waals surface area contributed by atoms with E-state index in [2.05, 4.69) is 22.8 Å². The van der Waals surface area contributed by atoms with Crippen LogP contribution in [0.2, 0.25) is 0 Å². The van der Waals surface area contributed by atoms with Crippen molar-refractivity contribution in [2.24, 2.45) is 11.8 Å². The number of nitriles is 2. The van der Waals surface area contributed by atoms with Gasteiger partial charge in [-0.3, -0.25) is 19.2 Å². The Kier molecular flexibility index (Phi) is 13.2. The number of fused-ring (bicyclic) bond motifs is 2. The highest BCUT2D eigenvalue weighted by molar-refractivity contribution is 8.00. The minimum Gasteiger partial charge on any atom is -0.344 e. The van der Waals surface area contributed by atoms with E-state index in [4.69, 9.17) is 0 Å². The second-order valence-electron chi connectivity index (χ2n) is 14.3. The van der Waals surface area contributed by atoms with Crippen molar-refractivity contribution in [3.63, 3.8) is 0 Å². The summed E-state index contributed by atoms with van der Waals surface area (Å²) in [5, 5.41) is 25.8. The molecule has 2 aromatic rings. The number of amides is 4. The Bertz CT molecular complexity index is 1530. The second-order valence-corrected chi connectivity index (χ2v) is 16.9. The predicted molar refractivity (Wildman–Crippen MR) is 202 cm³/mol. The molecule has 2 aromatic carbocycles. The number of nitrogens with one attached hydrogen (secondary N) is 2. The standard InChI is InChI=1S/C40H48N6O4S2/c41-25-31-13-7-15-35-45(31)39(49)33(19-21-51-35)43-37(47)29(23-27-9-3-1-4-10-27)17-18-30(24-28-11-5-2-6-12-28)38(48)44-34-20-22-52-36-16-8-14-32(26-42)46(36)40(34)50/h1-6,9-12,29-36H,7-8,13-24H2,(H,43,47)(H,44,48). The van der Waals surface area contributed by atoms with Gasteiger partial charge in [0.1, 0.15) is 24.2 Å². The van der Waals surface area contributed by atoms with Crippen molar-refractivity contribution in [3.8, 4) is 12.1 Å². The summed E-state index contributed by atoms with van der Waals surface area (Å²) >= 11 is 3.38. The fourth-order valence-electron chi connectivity index (χ4n) is 8.05. The maximum absolute atomic E-state index is 14.2. The van der Waals surface area contributed by atoms with Crippen LogP contribution >= 0.6 is 23.5 Å². The van der Waals surface area contributed by atoms with Gasteiger partial charge in [-0.05, 0) is 99.7 Å². The van der Waals surface area contributed by atoms with Gasteiger partial charge in [-0.1, -0.05) is 60.7 Å². The van der Waals surface area contributed by atoms with E-state index in [1.165, 1.54) is 0 Å². The zero-order valence-electron chi connectivity index (χ0n) is 29.5. The first-order valence-electron chi connectivity index (χ1n) is 18.7. The summed E-state index contributed by atoms with van der Waals surface area (Å²) in [6.45, 7) is 0. The first-order chi connectivity index (χ1) is 25.4. The summed E-state index contributed by atoms with van der Waals surface area (Å²) in [6.07, 6.45) is 7.46. The number of hydrogen-bond acceptors (Lipinski definition) is 8. The third-order valence-corrected chi connectivity index (χ3v) is 13.5. The molecule has 4 aliphatic rings. The third-order valence-electron chi connectivity index (χ3n) is 10.9. The van der Waals surface area contributed by atoms with Crippen LogP contribution in [0.15, 0.2) is 60.7 Å². The van der Waals surface area contributed by atoms with E-state index in [1.54, 1.807) is 33.3 Å². The van der Waals surface area contributed by atoms with Crippen LogP contribution in [0.4, 0.5) is 0 Å². The lowest BCUT2D eigenvalue weighted by atomic mass is 9.86. The number of thioether (sulfide) groups is 2. The molecule has 8 atom stereocenters. The van der Waals surface area contributed by atoms with Gasteiger partial charge in [0.05, 0.1) is 22.9 Å². The Morgan fingerprint density at radius 1 is 0.654 bits per heavy atom. The van der Waals surface area contributed by atoms with Crippen molar-refractivity contribution < 1.29 is 19.2 Å². The fourth-order valence-corrected chi connectivity index (χ4v) is 10.8. The van der Waals surface area contributed by atoms with E-state index in [-0.39, 0.29) is 34.4 Å². The van der Waals surface area contributed by atoms with Crippen molar-refractivity contribution in [1.29, 1.82) is 10.5 Å². The number of piperidine rings is 2. The lowest BCUT2D eigenvalue weighted by molar-refractivity contribution is -0.140. The third kappa shape index (κ3) is 9.13. The molecule has 4 heterocycles. The molecule has 0 spiro atoms. The molecule has 0 bridgehead atoms. The van der Waals surface area contributed by atoms with Crippen LogP contribution in [0.1, 0.15) is 75.3 Å². The summed E-state index contributed by atoms with van der Waals surface area (Å²) in [7, 11) is 0. The Balaban J connectivity index is 1.19. The van der Waals surface area contributed by atoms with Crippen LogP contribution in [0.25, 0.3) is 0 Å². The molecule has 0 radical (unpaired) electrons. The normalized spacial score (nSPS) is 27.3. The zero-order chi connectivity index (χ0) is 36.5. The Hall–Kier alpha value is -4.00. The molecule has 8 unspecified atom stereocenters. The minimum atomic E-state index is -0.712. The topological polar surface area (TPSA) is 146 Å². The van der Waals surface area contributed by atoms with E-state index in [9.17, 15) is 29.7 Å². The van der Waals surface area contributed by atoms with Crippen LogP contribution in [-0.2, 0) is 32.0 Å². The van der Waals surface area contributed by atoms with Gasteiger partial charge in [-0.15, -0.1) is 23.5 Å². The van der Waals surface area contributed by atoms with E-state index in [0.29, 0.717) is 62.9 Å². The van der Waals surface area contributed by atoms with Crippen molar-refractivity contribution in [3.05, 3.63) is 71.8 Å². The minimum absolute atomic E-state index is 0.0457. The van der Waals surface area contributed by atoms with E-state index in [0.717, 1.165) is 36.8 Å². The van der Waals surface area contributed by atoms with Crippen molar-refractivity contribution in [2.75, 3.05) is 11.5 Å². The fraction of sp³-hybridized carbons (Fsp3) is 0.550. The Labute approximate surface area is 315 Å². The number of carbonyl (C=O) groups excluding carboxylic acids is 4. The largest absolute Gasteiger partial charge is 0.344 e. The lowest BCUT2D eigenvalue weighted by Crippen LogP contribution is -2.55. The SMILES string of the molecule is N#CC1CCCC2SCCC(NC(=O)C(CCC(Cc3ccccc3)C(=O)NC3CCSC4CCCC(C#N)N4C3=O)Cc3ccccc3)C(=O)N12. The Morgan fingerprint density at radius 2 is 1.06 bits per heavy atom. The Morgan fingerprint density at radius 3 is 1.44 bits per heavy atom. The average molecular weight is 741 g/mol. The van der Waals surface area contributed by atoms with Crippen LogP contribution in [0, 0.1) is 34.5 Å². The predicted octanol–water partition coefficient (Wildman–Crippen LogP) is 5.19. The summed E-state index contributed by atoms with van der Waals surface area (Å²) < 4.78 is 0. The summed E-state index contributed by atoms with van der Waals surface area (Å²) in [5.74, 6) is -0.431. The van der Waals surface area contributed by atoms with Crippen molar-refractivity contribution >= 4 is 47.2 Å². The van der Waals surface area contributed by atoms with Gasteiger partial charge in [-0.25, -0.2) is 0 Å². The maximum Gasteiger partial charge on any atom is 0.247 e. The molecule has 4 amide bonds. The number of rotatable bonds is 11. The molecule has 2 N–H and O–H groups in total. The molecule has 4 saturated heterocycles. The molecule has 4 aliphatic heterocycles. The average Bonchev–Trinajstić information content (AvgIpc) is 3.43. The smallest absolute Gasteiger partial charge is 0.247 e. The number of carbonyl (C=O) groups is 4. The van der Waals surface area contributed by atoms with Crippen LogP contribution in [0.3, 0.4) is 0 Å². The highest BCUT2D eigenvalue weighted by atomic mass is 32.2. The number of benzene rings is 2. The van der Waals surface area contributed by atoms with E-state index < -0.39 is 36.0 Å². The van der Waals surface area contributed by atoms with Gasteiger partial charge in [0.2, 0.25) is 23.6 Å². The molecule has 12 heteroatoms. The highest BCUT2D eigenvalue weighted by Gasteiger charge is 2.42. The second kappa shape index (κ2) is 18.2. The molecule has 0 aromatic heterocycles. The van der Waals surface area contributed by atoms with E-state index in [1.807, 2.05) is 60.7 Å². The molecule has 10 nitrogen and oxygen atoms in total. The highest BCUT2D eigenvalue weighted by Crippen LogP contribution is 2.36. The first-order valence-corrected chi connectivity index (χ1v) is 20.8. The van der Waals surface area contributed by atoms with Crippen LogP contribution in [0.5, 0.6) is 0 Å². The van der Waals surface area contributed by atoms with E-state index >= 15 is 0 Å². The van der Waals surface area contributed by atoms with Gasteiger partial charge in [0.25, 0.3) is 0 Å². The van der Waals surface area contributed by atoms with Gasteiger partial charge >= 0.3 is 0 Å². The van der Waals surface area contributed by atoms with Gasteiger partial charge < -0.3 is 20.4 Å². The molecule has 274 valence electrons. The molecule has 0 saturated carbocycles. The van der Waals surface area contributed by atoms with Crippen molar-refractivity contribution in [2.45, 2.75) is 112 Å². The molecule has 6 rings (SSSR count). The summed E-state index contributed by atoms with van der Waals surface area (Å²) in [5.41, 5.74) is 1.97. The number of hydrogen-bond donors (Lipinski definition) is 2. The summed E-state index contributed by atoms with van der Waals surface area (Å²) in [4.78, 5) is 59.4. The quantitative estimate of drug-likeness (QED) is 0.320. The molecular weight excluding hydrogens is 693 g/mol. The van der Waals surface area contributed by atoms with Crippen LogP contribution in [-0.4, -0.2) is 79.8 Å². The monoisotopic (exact) mass is 740 g/mol. The first kappa shape index (κ1) is 37.7. The molecule has 0 aliphatic carbocycles. The van der Waals surface area contributed by atoms with Crippen molar-refractivity contribution in [1.82, 2.24) is 20.4 Å². The lowest BCUT2D eigenvalue weighted by Gasteiger charge is -2.38. The summed E-state index contributed by atoms with van der Waals surface area (Å²) in [6, 6.07) is 21.8. The molecule has 4 fully saturated rings. The van der Waals surface area contributed by atoms with Gasteiger partial charge in [0, 0.05) is 11.8 Å². The van der Waals surface area contributed by atoms with Crippen LogP contribution < -0.4 is 10.6 Å². The zero-order valence-corrected chi connectivity index (χ0v) is 31.2. The van der Waals surface area contributed by atoms with Gasteiger partial charge in [-0.2, -0.15) is 10.5 Å². The molecule has 52 heavy (non-hydrogen) atoms.